The molecule has 3 rings (SSSR count). The SMILES string of the molecule is O=c1ccc2ccccc2n1CC1(CBr)CCOCC1. The maximum Gasteiger partial charge on any atom is 0.251 e. The van der Waals surface area contributed by atoms with Gasteiger partial charge in [0.1, 0.15) is 0 Å². The Morgan fingerprint density at radius 2 is 1.90 bits per heavy atom. The Morgan fingerprint density at radius 1 is 1.15 bits per heavy atom. The van der Waals surface area contributed by atoms with Gasteiger partial charge in [0.15, 0.2) is 0 Å². The molecule has 0 aliphatic carbocycles. The number of hydrogen-bond donors (Lipinski definition) is 0. The van der Waals surface area contributed by atoms with Crippen LogP contribution in [0.5, 0.6) is 0 Å². The molecule has 1 aromatic heterocycles. The van der Waals surface area contributed by atoms with Crippen molar-refractivity contribution in [3.05, 3.63) is 46.8 Å². The van der Waals surface area contributed by atoms with E-state index >= 15 is 0 Å². The van der Waals surface area contributed by atoms with E-state index in [1.165, 1.54) is 0 Å². The van der Waals surface area contributed by atoms with Crippen LogP contribution < -0.4 is 5.56 Å². The zero-order valence-corrected chi connectivity index (χ0v) is 12.9. The maximum absolute atomic E-state index is 12.3. The smallest absolute Gasteiger partial charge is 0.251 e. The summed E-state index contributed by atoms with van der Waals surface area (Å²) in [6.07, 6.45) is 1.99. The summed E-state index contributed by atoms with van der Waals surface area (Å²) in [6.45, 7) is 2.32. The largest absolute Gasteiger partial charge is 0.381 e. The van der Waals surface area contributed by atoms with E-state index < -0.39 is 0 Å². The van der Waals surface area contributed by atoms with Gasteiger partial charge in [-0.15, -0.1) is 0 Å². The monoisotopic (exact) mass is 335 g/mol. The standard InChI is InChI=1S/C16H18BrNO2/c17-11-16(7-9-20-10-8-16)12-18-14-4-2-1-3-13(14)5-6-15(18)19/h1-6H,7-12H2. The van der Waals surface area contributed by atoms with E-state index in [2.05, 4.69) is 22.0 Å². The van der Waals surface area contributed by atoms with Gasteiger partial charge in [-0.2, -0.15) is 0 Å². The molecule has 0 saturated carbocycles. The Labute approximate surface area is 126 Å². The minimum Gasteiger partial charge on any atom is -0.381 e. The van der Waals surface area contributed by atoms with E-state index in [9.17, 15) is 4.79 Å². The Balaban J connectivity index is 2.05. The van der Waals surface area contributed by atoms with Gasteiger partial charge in [0.25, 0.3) is 5.56 Å². The van der Waals surface area contributed by atoms with Crippen LogP contribution in [-0.4, -0.2) is 23.1 Å². The van der Waals surface area contributed by atoms with Crippen molar-refractivity contribution in [1.29, 1.82) is 0 Å². The van der Waals surface area contributed by atoms with Gasteiger partial charge in [-0.3, -0.25) is 4.79 Å². The zero-order chi connectivity index (χ0) is 14.0. The average Bonchev–Trinajstić information content (AvgIpc) is 2.51. The van der Waals surface area contributed by atoms with Crippen molar-refractivity contribution in [2.45, 2.75) is 19.4 Å². The number of aromatic nitrogens is 1. The van der Waals surface area contributed by atoms with E-state index in [1.54, 1.807) is 6.07 Å². The summed E-state index contributed by atoms with van der Waals surface area (Å²) in [5.41, 5.74) is 1.22. The first-order valence-electron chi connectivity index (χ1n) is 6.96. The molecule has 0 N–H and O–H groups in total. The van der Waals surface area contributed by atoms with Gasteiger partial charge < -0.3 is 9.30 Å². The molecule has 2 heterocycles. The average molecular weight is 336 g/mol. The second-order valence-corrected chi connectivity index (χ2v) is 6.12. The van der Waals surface area contributed by atoms with Gasteiger partial charge in [-0.1, -0.05) is 34.1 Å². The number of fused-ring (bicyclic) bond motifs is 1. The normalized spacial score (nSPS) is 18.2. The predicted octanol–water partition coefficient (Wildman–Crippen LogP) is 3.19. The summed E-state index contributed by atoms with van der Waals surface area (Å²) in [6, 6.07) is 11.6. The van der Waals surface area contributed by atoms with E-state index in [-0.39, 0.29) is 11.0 Å². The number of hydrogen-bond acceptors (Lipinski definition) is 2. The fourth-order valence-corrected chi connectivity index (χ4v) is 3.62. The molecule has 106 valence electrons. The summed E-state index contributed by atoms with van der Waals surface area (Å²) in [4.78, 5) is 12.3. The lowest BCUT2D eigenvalue weighted by Crippen LogP contribution is -2.38. The van der Waals surface area contributed by atoms with E-state index in [0.717, 1.165) is 48.8 Å². The van der Waals surface area contributed by atoms with Crippen LogP contribution in [0.15, 0.2) is 41.2 Å². The van der Waals surface area contributed by atoms with Crippen molar-refractivity contribution >= 4 is 26.8 Å². The van der Waals surface area contributed by atoms with Crippen molar-refractivity contribution in [1.82, 2.24) is 4.57 Å². The number of para-hydroxylation sites is 1. The maximum atomic E-state index is 12.3. The molecule has 0 amide bonds. The molecule has 0 unspecified atom stereocenters. The van der Waals surface area contributed by atoms with E-state index in [4.69, 9.17) is 4.74 Å². The number of ether oxygens (including phenoxy) is 1. The quantitative estimate of drug-likeness (QED) is 0.806. The number of benzene rings is 1. The molecule has 0 atom stereocenters. The molecule has 1 aliphatic heterocycles. The first-order valence-corrected chi connectivity index (χ1v) is 8.09. The minimum absolute atomic E-state index is 0.0792. The topological polar surface area (TPSA) is 31.2 Å². The van der Waals surface area contributed by atoms with Crippen molar-refractivity contribution in [2.75, 3.05) is 18.5 Å². The highest BCUT2D eigenvalue weighted by Gasteiger charge is 2.32. The minimum atomic E-state index is 0.0792. The Morgan fingerprint density at radius 3 is 2.65 bits per heavy atom. The molecular formula is C16H18BrNO2. The molecule has 1 aliphatic rings. The van der Waals surface area contributed by atoms with Crippen molar-refractivity contribution in [3.8, 4) is 0 Å². The van der Waals surface area contributed by atoms with Gasteiger partial charge in [-0.05, 0) is 30.4 Å². The number of halogens is 1. The fourth-order valence-electron chi connectivity index (χ4n) is 2.88. The highest BCUT2D eigenvalue weighted by atomic mass is 79.9. The Kier molecular flexibility index (Phi) is 3.94. The molecule has 1 saturated heterocycles. The van der Waals surface area contributed by atoms with E-state index in [1.807, 2.05) is 28.8 Å². The summed E-state index contributed by atoms with van der Waals surface area (Å²) in [5.74, 6) is 0. The Hall–Kier alpha value is -1.13. The van der Waals surface area contributed by atoms with E-state index in [0.29, 0.717) is 0 Å². The number of nitrogens with zero attached hydrogens (tertiary/aromatic N) is 1. The first kappa shape index (κ1) is 13.8. The van der Waals surface area contributed by atoms with Crippen molar-refractivity contribution in [3.63, 3.8) is 0 Å². The molecule has 2 aromatic rings. The van der Waals surface area contributed by atoms with Crippen LogP contribution in [0.3, 0.4) is 0 Å². The fraction of sp³-hybridized carbons (Fsp3) is 0.438. The third kappa shape index (κ3) is 2.54. The predicted molar refractivity (Wildman–Crippen MR) is 84.5 cm³/mol. The summed E-state index contributed by atoms with van der Waals surface area (Å²) < 4.78 is 7.39. The summed E-state index contributed by atoms with van der Waals surface area (Å²) in [7, 11) is 0. The molecule has 3 nitrogen and oxygen atoms in total. The number of pyridine rings is 1. The van der Waals surface area contributed by atoms with Gasteiger partial charge >= 0.3 is 0 Å². The second kappa shape index (κ2) is 5.70. The van der Waals surface area contributed by atoms with Crippen molar-refractivity contribution < 1.29 is 4.74 Å². The molecule has 0 bridgehead atoms. The lowest BCUT2D eigenvalue weighted by molar-refractivity contribution is 0.0187. The number of alkyl halides is 1. The van der Waals surface area contributed by atoms with Crippen LogP contribution in [-0.2, 0) is 11.3 Å². The third-order valence-electron chi connectivity index (χ3n) is 4.23. The van der Waals surface area contributed by atoms with Crippen LogP contribution >= 0.6 is 15.9 Å². The molecule has 1 aromatic carbocycles. The lowest BCUT2D eigenvalue weighted by Gasteiger charge is -2.36. The highest BCUT2D eigenvalue weighted by Crippen LogP contribution is 2.34. The van der Waals surface area contributed by atoms with Gasteiger partial charge in [0.2, 0.25) is 0 Å². The van der Waals surface area contributed by atoms with Crippen LogP contribution in [0.4, 0.5) is 0 Å². The van der Waals surface area contributed by atoms with Gasteiger partial charge in [-0.25, -0.2) is 0 Å². The molecular weight excluding hydrogens is 318 g/mol. The molecule has 1 fully saturated rings. The first-order chi connectivity index (χ1) is 9.74. The Bertz CT molecular complexity index is 659. The summed E-state index contributed by atoms with van der Waals surface area (Å²) >= 11 is 3.64. The molecule has 20 heavy (non-hydrogen) atoms. The summed E-state index contributed by atoms with van der Waals surface area (Å²) in [5, 5.41) is 2.02. The van der Waals surface area contributed by atoms with Crippen LogP contribution in [0.25, 0.3) is 10.9 Å². The number of rotatable bonds is 3. The van der Waals surface area contributed by atoms with Crippen molar-refractivity contribution in [2.24, 2.45) is 5.41 Å². The van der Waals surface area contributed by atoms with Crippen LogP contribution in [0, 0.1) is 5.41 Å². The molecule has 4 heteroatoms. The van der Waals surface area contributed by atoms with Gasteiger partial charge in [0.05, 0.1) is 5.52 Å². The van der Waals surface area contributed by atoms with Crippen LogP contribution in [0.1, 0.15) is 12.8 Å². The second-order valence-electron chi connectivity index (χ2n) is 5.56. The third-order valence-corrected chi connectivity index (χ3v) is 5.42. The zero-order valence-electron chi connectivity index (χ0n) is 11.3. The lowest BCUT2D eigenvalue weighted by atomic mass is 9.82. The van der Waals surface area contributed by atoms with Crippen LogP contribution in [0.2, 0.25) is 0 Å². The van der Waals surface area contributed by atoms with Gasteiger partial charge in [0, 0.05) is 36.6 Å². The molecule has 0 spiro atoms. The highest BCUT2D eigenvalue weighted by molar-refractivity contribution is 9.09. The molecule has 0 radical (unpaired) electrons.